The minimum absolute atomic E-state index is 0.0196. The molecule has 1 aliphatic rings. The number of halogens is 1. The standard InChI is InChI=1S/C15H17FN4O3S2/c1-9(14(21)17-10-6-7-25(22,23)8-10)24-15-18-13(19-20-15)11-4-2-3-5-12(11)16/h2-5,9-10H,6-8H2,1H3,(H,17,21)(H,18,19,20)/t9-,10-/m0/s1. The number of sulfone groups is 1. The molecule has 0 radical (unpaired) electrons. The van der Waals surface area contributed by atoms with Crippen molar-refractivity contribution in [1.29, 1.82) is 0 Å². The molecule has 0 spiro atoms. The van der Waals surface area contributed by atoms with Crippen LogP contribution < -0.4 is 5.32 Å². The van der Waals surface area contributed by atoms with Crippen LogP contribution in [0, 0.1) is 5.82 Å². The second-order valence-electron chi connectivity index (χ2n) is 5.82. The molecule has 134 valence electrons. The van der Waals surface area contributed by atoms with Crippen LogP contribution in [0.5, 0.6) is 0 Å². The topological polar surface area (TPSA) is 105 Å². The molecule has 0 aliphatic carbocycles. The summed E-state index contributed by atoms with van der Waals surface area (Å²) in [5.41, 5.74) is 0.301. The molecule has 2 aromatic rings. The number of H-pyrrole nitrogens is 1. The van der Waals surface area contributed by atoms with Crippen LogP contribution in [0.4, 0.5) is 4.39 Å². The van der Waals surface area contributed by atoms with Gasteiger partial charge in [0.25, 0.3) is 0 Å². The molecule has 2 atom stereocenters. The number of carbonyl (C=O) groups is 1. The monoisotopic (exact) mass is 384 g/mol. The average Bonchev–Trinajstić information content (AvgIpc) is 3.14. The summed E-state index contributed by atoms with van der Waals surface area (Å²) in [5, 5.41) is 9.20. The van der Waals surface area contributed by atoms with Crippen molar-refractivity contribution >= 4 is 27.5 Å². The lowest BCUT2D eigenvalue weighted by Gasteiger charge is -2.14. The van der Waals surface area contributed by atoms with Crippen molar-refractivity contribution in [3.8, 4) is 11.4 Å². The molecule has 2 heterocycles. The quantitative estimate of drug-likeness (QED) is 0.755. The minimum Gasteiger partial charge on any atom is -0.351 e. The lowest BCUT2D eigenvalue weighted by molar-refractivity contribution is -0.120. The molecule has 25 heavy (non-hydrogen) atoms. The molecule has 10 heteroatoms. The molecule has 7 nitrogen and oxygen atoms in total. The first-order chi connectivity index (χ1) is 11.8. The van der Waals surface area contributed by atoms with E-state index in [-0.39, 0.29) is 29.3 Å². The van der Waals surface area contributed by atoms with E-state index in [0.29, 0.717) is 17.1 Å². The molecule has 1 saturated heterocycles. The summed E-state index contributed by atoms with van der Waals surface area (Å²) in [4.78, 5) is 16.4. The van der Waals surface area contributed by atoms with E-state index in [1.807, 2.05) is 0 Å². The Morgan fingerprint density at radius 3 is 2.88 bits per heavy atom. The SMILES string of the molecule is C[C@H](Sc1n[nH]c(-c2ccccc2F)n1)C(=O)N[C@H]1CCS(=O)(=O)C1. The van der Waals surface area contributed by atoms with E-state index in [2.05, 4.69) is 20.5 Å². The van der Waals surface area contributed by atoms with Crippen molar-refractivity contribution in [2.75, 3.05) is 11.5 Å². The van der Waals surface area contributed by atoms with Crippen molar-refractivity contribution in [3.05, 3.63) is 30.1 Å². The van der Waals surface area contributed by atoms with E-state index in [1.54, 1.807) is 25.1 Å². The van der Waals surface area contributed by atoms with E-state index in [4.69, 9.17) is 0 Å². The third-order valence-corrected chi connectivity index (χ3v) is 6.55. The van der Waals surface area contributed by atoms with Crippen molar-refractivity contribution in [1.82, 2.24) is 20.5 Å². The number of amides is 1. The number of thioether (sulfide) groups is 1. The maximum Gasteiger partial charge on any atom is 0.233 e. The normalized spacial score (nSPS) is 20.3. The van der Waals surface area contributed by atoms with Crippen LogP contribution in [0.1, 0.15) is 13.3 Å². The van der Waals surface area contributed by atoms with Gasteiger partial charge >= 0.3 is 0 Å². The maximum atomic E-state index is 13.8. The molecular weight excluding hydrogens is 367 g/mol. The highest BCUT2D eigenvalue weighted by Crippen LogP contribution is 2.24. The number of aromatic nitrogens is 3. The molecule has 1 aromatic carbocycles. The van der Waals surface area contributed by atoms with Gasteiger partial charge in [-0.05, 0) is 25.5 Å². The van der Waals surface area contributed by atoms with Gasteiger partial charge in [0.05, 0.1) is 22.3 Å². The Labute approximate surface area is 148 Å². The molecular formula is C15H17FN4O3S2. The Kier molecular flexibility index (Phi) is 5.09. The molecule has 0 bridgehead atoms. The van der Waals surface area contributed by atoms with E-state index in [1.165, 1.54) is 6.07 Å². The first-order valence-corrected chi connectivity index (χ1v) is 10.4. The number of benzene rings is 1. The van der Waals surface area contributed by atoms with Crippen molar-refractivity contribution < 1.29 is 17.6 Å². The fraction of sp³-hybridized carbons (Fsp3) is 0.400. The fourth-order valence-electron chi connectivity index (χ4n) is 2.51. The van der Waals surface area contributed by atoms with Crippen molar-refractivity contribution in [2.24, 2.45) is 0 Å². The smallest absolute Gasteiger partial charge is 0.233 e. The first kappa shape index (κ1) is 17.9. The third-order valence-electron chi connectivity index (χ3n) is 3.82. The van der Waals surface area contributed by atoms with Crippen LogP contribution in [0.15, 0.2) is 29.4 Å². The van der Waals surface area contributed by atoms with Gasteiger partial charge in [-0.2, -0.15) is 0 Å². The summed E-state index contributed by atoms with van der Waals surface area (Å²) in [6.45, 7) is 1.68. The third kappa shape index (κ3) is 4.37. The fourth-order valence-corrected chi connectivity index (χ4v) is 4.92. The summed E-state index contributed by atoms with van der Waals surface area (Å²) in [6.07, 6.45) is 0.434. The lowest BCUT2D eigenvalue weighted by atomic mass is 10.2. The number of aromatic amines is 1. The molecule has 2 N–H and O–H groups in total. The zero-order valence-electron chi connectivity index (χ0n) is 13.4. The Bertz CT molecular complexity index is 884. The van der Waals surface area contributed by atoms with Gasteiger partial charge in [0.2, 0.25) is 11.1 Å². The van der Waals surface area contributed by atoms with Gasteiger partial charge in [-0.25, -0.2) is 17.8 Å². The predicted octanol–water partition coefficient (Wildman–Crippen LogP) is 1.39. The highest BCUT2D eigenvalue weighted by atomic mass is 32.2. The van der Waals surface area contributed by atoms with Crippen molar-refractivity contribution in [3.63, 3.8) is 0 Å². The molecule has 3 rings (SSSR count). The first-order valence-electron chi connectivity index (χ1n) is 7.69. The highest BCUT2D eigenvalue weighted by Gasteiger charge is 2.30. The van der Waals surface area contributed by atoms with Crippen LogP contribution in [0.25, 0.3) is 11.4 Å². The Balaban J connectivity index is 1.61. The van der Waals surface area contributed by atoms with Gasteiger partial charge in [0.1, 0.15) is 5.82 Å². The van der Waals surface area contributed by atoms with Gasteiger partial charge in [0, 0.05) is 6.04 Å². The molecule has 1 amide bonds. The predicted molar refractivity (Wildman–Crippen MR) is 92.3 cm³/mol. The molecule has 1 fully saturated rings. The van der Waals surface area contributed by atoms with Crippen LogP contribution in [0.3, 0.4) is 0 Å². The number of nitrogens with zero attached hydrogens (tertiary/aromatic N) is 2. The van der Waals surface area contributed by atoms with Crippen LogP contribution in [-0.2, 0) is 14.6 Å². The van der Waals surface area contributed by atoms with Crippen LogP contribution in [0.2, 0.25) is 0 Å². The number of hydrogen-bond donors (Lipinski definition) is 2. The molecule has 0 saturated carbocycles. The summed E-state index contributed by atoms with van der Waals surface area (Å²) < 4.78 is 36.6. The van der Waals surface area contributed by atoms with Crippen LogP contribution >= 0.6 is 11.8 Å². The number of carbonyl (C=O) groups excluding carboxylic acids is 1. The second kappa shape index (κ2) is 7.12. The van der Waals surface area contributed by atoms with Gasteiger partial charge in [0.15, 0.2) is 15.7 Å². The van der Waals surface area contributed by atoms with Gasteiger partial charge < -0.3 is 5.32 Å². The summed E-state index contributed by atoms with van der Waals surface area (Å²) >= 11 is 1.12. The Morgan fingerprint density at radius 2 is 2.20 bits per heavy atom. The lowest BCUT2D eigenvalue weighted by Crippen LogP contribution is -2.39. The van der Waals surface area contributed by atoms with Gasteiger partial charge in [-0.3, -0.25) is 9.89 Å². The second-order valence-corrected chi connectivity index (χ2v) is 9.35. The maximum absolute atomic E-state index is 13.8. The Morgan fingerprint density at radius 1 is 1.44 bits per heavy atom. The van der Waals surface area contributed by atoms with Crippen molar-refractivity contribution in [2.45, 2.75) is 29.8 Å². The van der Waals surface area contributed by atoms with E-state index in [0.717, 1.165) is 11.8 Å². The number of rotatable bonds is 5. The van der Waals surface area contributed by atoms with Crippen LogP contribution in [-0.4, -0.2) is 52.3 Å². The highest BCUT2D eigenvalue weighted by molar-refractivity contribution is 8.00. The molecule has 1 aliphatic heterocycles. The number of hydrogen-bond acceptors (Lipinski definition) is 6. The Hall–Kier alpha value is -1.94. The largest absolute Gasteiger partial charge is 0.351 e. The molecule has 1 aromatic heterocycles. The summed E-state index contributed by atoms with van der Waals surface area (Å²) in [5.74, 6) is -0.316. The average molecular weight is 384 g/mol. The zero-order chi connectivity index (χ0) is 18.0. The van der Waals surface area contributed by atoms with E-state index >= 15 is 0 Å². The van der Waals surface area contributed by atoms with E-state index < -0.39 is 20.9 Å². The van der Waals surface area contributed by atoms with Gasteiger partial charge in [-0.15, -0.1) is 5.10 Å². The van der Waals surface area contributed by atoms with Gasteiger partial charge in [-0.1, -0.05) is 23.9 Å². The zero-order valence-corrected chi connectivity index (χ0v) is 15.0. The summed E-state index contributed by atoms with van der Waals surface area (Å²) in [6, 6.07) is 5.85. The summed E-state index contributed by atoms with van der Waals surface area (Å²) in [7, 11) is -3.04. The molecule has 0 unspecified atom stereocenters. The van der Waals surface area contributed by atoms with E-state index in [9.17, 15) is 17.6 Å². The number of nitrogens with one attached hydrogen (secondary N) is 2. The minimum atomic E-state index is -3.04.